The van der Waals surface area contributed by atoms with Gasteiger partial charge in [0.25, 0.3) is 0 Å². The van der Waals surface area contributed by atoms with Crippen LogP contribution in [0.5, 0.6) is 0 Å². The first-order valence-corrected chi connectivity index (χ1v) is 4.52. The van der Waals surface area contributed by atoms with Gasteiger partial charge in [0, 0.05) is 0 Å². The van der Waals surface area contributed by atoms with Crippen molar-refractivity contribution in [2.45, 2.75) is 20.3 Å². The number of hydrogen-bond donors (Lipinski definition) is 0. The van der Waals surface area contributed by atoms with Crippen molar-refractivity contribution in [2.24, 2.45) is 0 Å². The molecular formula is C13H18. The molecule has 70 valence electrons. The number of hydrogen-bond acceptors (Lipinski definition) is 0. The summed E-state index contributed by atoms with van der Waals surface area (Å²) < 4.78 is 0. The van der Waals surface area contributed by atoms with Gasteiger partial charge in [-0.1, -0.05) is 62.1 Å². The van der Waals surface area contributed by atoms with E-state index in [1.54, 1.807) is 0 Å². The van der Waals surface area contributed by atoms with Crippen molar-refractivity contribution in [3.8, 4) is 0 Å². The minimum atomic E-state index is 0.990. The Morgan fingerprint density at radius 3 is 2.31 bits per heavy atom. The van der Waals surface area contributed by atoms with Crippen LogP contribution >= 0.6 is 0 Å². The molecule has 0 unspecified atom stereocenters. The second-order valence-corrected chi connectivity index (χ2v) is 2.95. The van der Waals surface area contributed by atoms with Crippen LogP contribution in [0, 0.1) is 0 Å². The monoisotopic (exact) mass is 174 g/mol. The van der Waals surface area contributed by atoms with E-state index < -0.39 is 0 Å². The molecular weight excluding hydrogens is 156 g/mol. The first-order valence-electron chi connectivity index (χ1n) is 4.52. The van der Waals surface area contributed by atoms with Gasteiger partial charge in [0.1, 0.15) is 0 Å². The lowest BCUT2D eigenvalue weighted by molar-refractivity contribution is 1.22. The average Bonchev–Trinajstić information content (AvgIpc) is 2.09. The van der Waals surface area contributed by atoms with Crippen LogP contribution in [0.3, 0.4) is 0 Å². The normalized spacial score (nSPS) is 11.8. The molecule has 0 heteroatoms. The Labute approximate surface area is 81.7 Å². The van der Waals surface area contributed by atoms with Crippen LogP contribution in [0.25, 0.3) is 0 Å². The molecule has 0 radical (unpaired) electrons. The van der Waals surface area contributed by atoms with Crippen LogP contribution in [0.1, 0.15) is 20.3 Å². The fourth-order valence-corrected chi connectivity index (χ4v) is 0.699. The van der Waals surface area contributed by atoms with Gasteiger partial charge < -0.3 is 0 Å². The van der Waals surface area contributed by atoms with Gasteiger partial charge in [-0.2, -0.15) is 0 Å². The maximum atomic E-state index is 3.88. The van der Waals surface area contributed by atoms with E-state index in [2.05, 4.69) is 26.2 Å². The van der Waals surface area contributed by atoms with E-state index in [4.69, 9.17) is 0 Å². The summed E-state index contributed by atoms with van der Waals surface area (Å²) in [5.41, 5.74) is 2.03. The molecule has 0 fully saturated rings. The summed E-state index contributed by atoms with van der Waals surface area (Å²) in [5.74, 6) is 0. The van der Waals surface area contributed by atoms with Crippen molar-refractivity contribution in [3.05, 3.63) is 60.8 Å². The van der Waals surface area contributed by atoms with Gasteiger partial charge in [-0.15, -0.1) is 0 Å². The highest BCUT2D eigenvalue weighted by Crippen LogP contribution is 1.99. The summed E-state index contributed by atoms with van der Waals surface area (Å²) in [6, 6.07) is 0. The van der Waals surface area contributed by atoms with E-state index in [-0.39, 0.29) is 0 Å². The Hall–Kier alpha value is -1.30. The molecule has 0 atom stereocenters. The van der Waals surface area contributed by atoms with Gasteiger partial charge in [0.05, 0.1) is 0 Å². The Kier molecular flexibility index (Phi) is 6.62. The standard InChI is InChI=1S/C13H18/c1-5-6-7-8-9-13(4)11-10-12(2)3/h6-11H,2,4-5H2,1,3H3. The molecule has 0 aliphatic carbocycles. The largest absolute Gasteiger partial charge is 0.0961 e. The molecule has 0 aromatic heterocycles. The maximum absolute atomic E-state index is 3.88. The Balaban J connectivity index is 3.94. The van der Waals surface area contributed by atoms with Crippen molar-refractivity contribution in [1.29, 1.82) is 0 Å². The quantitative estimate of drug-likeness (QED) is 0.548. The zero-order valence-corrected chi connectivity index (χ0v) is 8.59. The smallest absolute Gasteiger partial charge is 0.0329 e. The predicted molar refractivity (Wildman–Crippen MR) is 61.7 cm³/mol. The lowest BCUT2D eigenvalue weighted by Crippen LogP contribution is -1.67. The summed E-state index contributed by atoms with van der Waals surface area (Å²) in [6.07, 6.45) is 13.1. The van der Waals surface area contributed by atoms with Crippen LogP contribution in [0.15, 0.2) is 60.8 Å². The first-order chi connectivity index (χ1) is 6.16. The Morgan fingerprint density at radius 2 is 1.77 bits per heavy atom. The van der Waals surface area contributed by atoms with E-state index in [1.807, 2.05) is 37.3 Å². The first kappa shape index (κ1) is 11.7. The molecule has 0 heterocycles. The molecule has 13 heavy (non-hydrogen) atoms. The molecule has 0 bridgehead atoms. The van der Waals surface area contributed by atoms with Crippen LogP contribution in [-0.2, 0) is 0 Å². The molecule has 0 aliphatic heterocycles. The number of rotatable bonds is 5. The fraction of sp³-hybridized carbons (Fsp3) is 0.231. The van der Waals surface area contributed by atoms with Crippen molar-refractivity contribution in [3.63, 3.8) is 0 Å². The summed E-state index contributed by atoms with van der Waals surface area (Å²) in [7, 11) is 0. The third kappa shape index (κ3) is 8.61. The average molecular weight is 174 g/mol. The van der Waals surface area contributed by atoms with Crippen LogP contribution in [0.2, 0.25) is 0 Å². The zero-order chi connectivity index (χ0) is 10.1. The topological polar surface area (TPSA) is 0 Å². The molecule has 0 rings (SSSR count). The van der Waals surface area contributed by atoms with E-state index in [9.17, 15) is 0 Å². The molecule has 0 aromatic rings. The predicted octanol–water partition coefficient (Wildman–Crippen LogP) is 4.20. The Morgan fingerprint density at radius 1 is 1.08 bits per heavy atom. The molecule has 0 nitrogen and oxygen atoms in total. The third-order valence-corrected chi connectivity index (χ3v) is 1.38. The molecule has 0 aromatic carbocycles. The van der Waals surface area contributed by atoms with Crippen LogP contribution < -0.4 is 0 Å². The van der Waals surface area contributed by atoms with Crippen LogP contribution in [-0.4, -0.2) is 0 Å². The molecule has 0 amide bonds. The van der Waals surface area contributed by atoms with Gasteiger partial charge >= 0.3 is 0 Å². The van der Waals surface area contributed by atoms with Crippen molar-refractivity contribution in [1.82, 2.24) is 0 Å². The summed E-state index contributed by atoms with van der Waals surface area (Å²) in [4.78, 5) is 0. The summed E-state index contributed by atoms with van der Waals surface area (Å²) >= 11 is 0. The minimum absolute atomic E-state index is 0.990. The molecule has 0 saturated heterocycles. The van der Waals surface area contributed by atoms with E-state index in [0.717, 1.165) is 17.6 Å². The minimum Gasteiger partial charge on any atom is -0.0961 e. The second kappa shape index (κ2) is 7.35. The summed E-state index contributed by atoms with van der Waals surface area (Å²) in [5, 5.41) is 0. The van der Waals surface area contributed by atoms with E-state index >= 15 is 0 Å². The molecule has 0 N–H and O–H groups in total. The van der Waals surface area contributed by atoms with Crippen LogP contribution in [0.4, 0.5) is 0 Å². The highest BCUT2D eigenvalue weighted by molar-refractivity contribution is 5.32. The fourth-order valence-electron chi connectivity index (χ4n) is 0.699. The van der Waals surface area contributed by atoms with Crippen molar-refractivity contribution >= 4 is 0 Å². The third-order valence-electron chi connectivity index (χ3n) is 1.38. The van der Waals surface area contributed by atoms with Gasteiger partial charge in [0.2, 0.25) is 0 Å². The molecule has 0 spiro atoms. The lowest BCUT2D eigenvalue weighted by atomic mass is 10.2. The highest BCUT2D eigenvalue weighted by Gasteiger charge is 1.78. The van der Waals surface area contributed by atoms with Gasteiger partial charge in [-0.3, -0.25) is 0 Å². The van der Waals surface area contributed by atoms with Crippen molar-refractivity contribution in [2.75, 3.05) is 0 Å². The SMILES string of the molecule is C=C(C)C=CC(=C)C=CC=CCC. The van der Waals surface area contributed by atoms with Gasteiger partial charge in [-0.05, 0) is 18.9 Å². The number of allylic oxidation sites excluding steroid dienone is 8. The van der Waals surface area contributed by atoms with E-state index in [0.29, 0.717) is 0 Å². The second-order valence-electron chi connectivity index (χ2n) is 2.95. The summed E-state index contributed by atoms with van der Waals surface area (Å²) in [6.45, 7) is 11.7. The van der Waals surface area contributed by atoms with E-state index in [1.165, 1.54) is 0 Å². The molecule has 0 saturated carbocycles. The highest BCUT2D eigenvalue weighted by atomic mass is 13.8. The van der Waals surface area contributed by atoms with Gasteiger partial charge in [-0.25, -0.2) is 0 Å². The van der Waals surface area contributed by atoms with Crippen molar-refractivity contribution < 1.29 is 0 Å². The Bertz CT molecular complexity index is 249. The van der Waals surface area contributed by atoms with Gasteiger partial charge in [0.15, 0.2) is 0 Å². The maximum Gasteiger partial charge on any atom is -0.0329 e. The lowest BCUT2D eigenvalue weighted by Gasteiger charge is -1.88. The molecule has 0 aliphatic rings. The zero-order valence-electron chi connectivity index (χ0n) is 8.59.